The van der Waals surface area contributed by atoms with Crippen LogP contribution >= 0.6 is 0 Å². The van der Waals surface area contributed by atoms with E-state index >= 15 is 0 Å². The number of hydrogen-bond acceptors (Lipinski definition) is 5. The Morgan fingerprint density at radius 2 is 1.78 bits per heavy atom. The summed E-state index contributed by atoms with van der Waals surface area (Å²) in [6.45, 7) is 1.98. The number of aliphatic hydroxyl groups is 2. The minimum absolute atomic E-state index is 0.109. The zero-order valence-corrected chi connectivity index (χ0v) is 20.2. The predicted molar refractivity (Wildman–Crippen MR) is 145 cm³/mol. The molecule has 1 aliphatic rings. The summed E-state index contributed by atoms with van der Waals surface area (Å²) in [6.07, 6.45) is 2.74. The number of nitrogens with one attached hydrogen (secondary N) is 2. The summed E-state index contributed by atoms with van der Waals surface area (Å²) < 4.78 is 0. The molecule has 186 valence electrons. The van der Waals surface area contributed by atoms with E-state index in [0.717, 1.165) is 53.9 Å². The van der Waals surface area contributed by atoms with E-state index in [1.165, 1.54) is 0 Å². The number of amides is 1. The number of nitrogens with zero attached hydrogens (tertiary/aromatic N) is 2. The Hall–Kier alpha value is -3.81. The van der Waals surface area contributed by atoms with E-state index in [9.17, 15) is 15.0 Å². The molecule has 1 unspecified atom stereocenters. The molecule has 36 heavy (non-hydrogen) atoms. The van der Waals surface area contributed by atoms with Gasteiger partial charge in [0.05, 0.1) is 6.10 Å². The molecule has 1 aromatic heterocycles. The second-order valence-corrected chi connectivity index (χ2v) is 9.29. The van der Waals surface area contributed by atoms with Gasteiger partial charge in [-0.15, -0.1) is 0 Å². The van der Waals surface area contributed by atoms with Gasteiger partial charge in [-0.05, 0) is 72.8 Å². The van der Waals surface area contributed by atoms with Crippen LogP contribution in [-0.2, 0) is 0 Å². The van der Waals surface area contributed by atoms with Crippen LogP contribution in [0.3, 0.4) is 0 Å². The van der Waals surface area contributed by atoms with Gasteiger partial charge in [0.15, 0.2) is 0 Å². The summed E-state index contributed by atoms with van der Waals surface area (Å²) in [5.41, 5.74) is 4.26. The number of para-hydroxylation sites is 1. The maximum Gasteiger partial charge on any atom is 0.258 e. The van der Waals surface area contributed by atoms with Crippen molar-refractivity contribution in [2.45, 2.75) is 31.6 Å². The lowest BCUT2D eigenvalue weighted by atomic mass is 10.1. The molecule has 1 fully saturated rings. The Labute approximate surface area is 211 Å². The number of anilines is 3. The molecule has 0 spiro atoms. The van der Waals surface area contributed by atoms with E-state index in [1.807, 2.05) is 85.1 Å². The second-order valence-electron chi connectivity index (χ2n) is 9.29. The molecule has 2 heterocycles. The van der Waals surface area contributed by atoms with Crippen LogP contribution in [0.5, 0.6) is 0 Å². The first-order chi connectivity index (χ1) is 17.6. The monoisotopic (exact) mass is 484 g/mol. The maximum atomic E-state index is 13.5. The number of piperidine rings is 1. The van der Waals surface area contributed by atoms with Gasteiger partial charge in [0, 0.05) is 60.4 Å². The third-order valence-electron chi connectivity index (χ3n) is 6.77. The predicted octanol–water partition coefficient (Wildman–Crippen LogP) is 4.60. The van der Waals surface area contributed by atoms with Crippen molar-refractivity contribution < 1.29 is 15.0 Å². The van der Waals surface area contributed by atoms with Crippen molar-refractivity contribution in [2.75, 3.05) is 34.8 Å². The number of benzene rings is 3. The summed E-state index contributed by atoms with van der Waals surface area (Å²) >= 11 is 0. The second kappa shape index (κ2) is 10.8. The summed E-state index contributed by atoms with van der Waals surface area (Å²) in [5.74, 6) is -0.109. The molecule has 1 saturated heterocycles. The quantitative estimate of drug-likeness (QED) is 0.275. The summed E-state index contributed by atoms with van der Waals surface area (Å²) in [6, 6.07) is 25.1. The van der Waals surface area contributed by atoms with Crippen molar-refractivity contribution in [3.05, 3.63) is 90.6 Å². The smallest absolute Gasteiger partial charge is 0.258 e. The number of H-pyrrole nitrogens is 1. The van der Waals surface area contributed by atoms with Gasteiger partial charge in [-0.2, -0.15) is 0 Å². The highest BCUT2D eigenvalue weighted by atomic mass is 16.3. The molecule has 7 heteroatoms. The lowest BCUT2D eigenvalue weighted by Gasteiger charge is -2.31. The van der Waals surface area contributed by atoms with Crippen LogP contribution in [0.25, 0.3) is 10.9 Å². The molecule has 5 rings (SSSR count). The number of carbonyl (C=O) groups is 1. The van der Waals surface area contributed by atoms with E-state index in [1.54, 1.807) is 4.90 Å². The van der Waals surface area contributed by atoms with Crippen molar-refractivity contribution >= 4 is 33.9 Å². The normalized spacial score (nSPS) is 15.1. The average molecular weight is 485 g/mol. The van der Waals surface area contributed by atoms with Crippen molar-refractivity contribution in [1.82, 2.24) is 4.98 Å². The van der Waals surface area contributed by atoms with Gasteiger partial charge in [0.2, 0.25) is 0 Å². The number of carbonyl (C=O) groups excluding carboxylic acids is 1. The molecule has 0 bridgehead atoms. The van der Waals surface area contributed by atoms with Gasteiger partial charge in [0.1, 0.15) is 6.23 Å². The highest BCUT2D eigenvalue weighted by molar-refractivity contribution is 6.06. The van der Waals surface area contributed by atoms with Gasteiger partial charge < -0.3 is 30.3 Å². The van der Waals surface area contributed by atoms with E-state index in [-0.39, 0.29) is 12.0 Å². The molecule has 1 amide bonds. The minimum Gasteiger partial charge on any atom is -0.393 e. The molecule has 0 aliphatic carbocycles. The van der Waals surface area contributed by atoms with Crippen LogP contribution in [-0.4, -0.2) is 53.1 Å². The molecule has 4 N–H and O–H groups in total. The van der Waals surface area contributed by atoms with E-state index in [0.29, 0.717) is 18.5 Å². The lowest BCUT2D eigenvalue weighted by molar-refractivity contribution is 0.0982. The number of aromatic amines is 1. The van der Waals surface area contributed by atoms with Gasteiger partial charge >= 0.3 is 0 Å². The van der Waals surface area contributed by atoms with E-state index < -0.39 is 6.23 Å². The molecule has 0 saturated carbocycles. The number of fused-ring (bicyclic) bond motifs is 1. The van der Waals surface area contributed by atoms with E-state index in [4.69, 9.17) is 0 Å². The first kappa shape index (κ1) is 23.9. The Bertz CT molecular complexity index is 1280. The van der Waals surface area contributed by atoms with Crippen LogP contribution in [0.15, 0.2) is 85.1 Å². The molecule has 0 radical (unpaired) electrons. The Kier molecular flexibility index (Phi) is 7.21. The molecule has 4 aromatic rings. The van der Waals surface area contributed by atoms with Crippen LogP contribution < -0.4 is 15.1 Å². The van der Waals surface area contributed by atoms with Gasteiger partial charge in [0.25, 0.3) is 5.91 Å². The zero-order chi connectivity index (χ0) is 24.9. The molecule has 1 aliphatic heterocycles. The van der Waals surface area contributed by atoms with Crippen LogP contribution in [0.2, 0.25) is 0 Å². The highest BCUT2D eigenvalue weighted by Gasteiger charge is 2.21. The van der Waals surface area contributed by atoms with Crippen molar-refractivity contribution in [3.8, 4) is 0 Å². The standard InChI is InChI=1S/C29H32N4O3/c34-26-13-17-32(18-14-26)24-10-7-22(8-11-24)29(36)33(25-4-2-1-3-5-25)19-15-28(35)31-23-9-6-21-12-16-30-27(21)20-23/h1-12,16,20,26,28,30-31,34-35H,13-15,17-19H2. The fourth-order valence-corrected chi connectivity index (χ4v) is 4.70. The zero-order valence-electron chi connectivity index (χ0n) is 20.2. The minimum atomic E-state index is -0.812. The number of aromatic nitrogens is 1. The first-order valence-corrected chi connectivity index (χ1v) is 12.5. The van der Waals surface area contributed by atoms with E-state index in [2.05, 4.69) is 15.2 Å². The summed E-state index contributed by atoms with van der Waals surface area (Å²) in [4.78, 5) is 20.7. The molecule has 1 atom stereocenters. The number of aliphatic hydroxyl groups excluding tert-OH is 2. The fraction of sp³-hybridized carbons (Fsp3) is 0.276. The molecular weight excluding hydrogens is 452 g/mol. The summed E-state index contributed by atoms with van der Waals surface area (Å²) in [7, 11) is 0. The highest BCUT2D eigenvalue weighted by Crippen LogP contribution is 2.24. The largest absolute Gasteiger partial charge is 0.393 e. The summed E-state index contributed by atoms with van der Waals surface area (Å²) in [5, 5.41) is 24.7. The lowest BCUT2D eigenvalue weighted by Crippen LogP contribution is -2.36. The fourth-order valence-electron chi connectivity index (χ4n) is 4.70. The van der Waals surface area contributed by atoms with Gasteiger partial charge in [-0.25, -0.2) is 0 Å². The topological polar surface area (TPSA) is 91.8 Å². The molecular formula is C29H32N4O3. The van der Waals surface area contributed by atoms with Gasteiger partial charge in [-0.1, -0.05) is 24.3 Å². The Balaban J connectivity index is 1.26. The third-order valence-corrected chi connectivity index (χ3v) is 6.77. The average Bonchev–Trinajstić information content (AvgIpc) is 3.38. The Morgan fingerprint density at radius 1 is 1.03 bits per heavy atom. The van der Waals surface area contributed by atoms with Crippen LogP contribution in [0.1, 0.15) is 29.6 Å². The first-order valence-electron chi connectivity index (χ1n) is 12.5. The number of rotatable bonds is 8. The maximum absolute atomic E-state index is 13.5. The van der Waals surface area contributed by atoms with Gasteiger partial charge in [-0.3, -0.25) is 4.79 Å². The van der Waals surface area contributed by atoms with Crippen LogP contribution in [0, 0.1) is 0 Å². The third kappa shape index (κ3) is 5.53. The van der Waals surface area contributed by atoms with Crippen molar-refractivity contribution in [3.63, 3.8) is 0 Å². The SMILES string of the molecule is O=C(c1ccc(N2CCC(O)CC2)cc1)N(CCC(O)Nc1ccc2cc[nH]c2c1)c1ccccc1. The molecule has 7 nitrogen and oxygen atoms in total. The Morgan fingerprint density at radius 3 is 2.53 bits per heavy atom. The number of hydrogen-bond donors (Lipinski definition) is 4. The van der Waals surface area contributed by atoms with Crippen LogP contribution in [0.4, 0.5) is 17.1 Å². The van der Waals surface area contributed by atoms with Crippen molar-refractivity contribution in [2.24, 2.45) is 0 Å². The van der Waals surface area contributed by atoms with Crippen molar-refractivity contribution in [1.29, 1.82) is 0 Å². The molecule has 3 aromatic carbocycles.